The molecule has 0 unspecified atom stereocenters. The van der Waals surface area contributed by atoms with E-state index in [9.17, 15) is 18.0 Å². The zero-order valence-corrected chi connectivity index (χ0v) is 19.6. The molecule has 5 nitrogen and oxygen atoms in total. The predicted molar refractivity (Wildman–Crippen MR) is 117 cm³/mol. The summed E-state index contributed by atoms with van der Waals surface area (Å²) in [6.07, 6.45) is -4.60. The van der Waals surface area contributed by atoms with Gasteiger partial charge in [-0.15, -0.1) is 0 Å². The van der Waals surface area contributed by atoms with Crippen molar-refractivity contribution in [1.82, 2.24) is 9.47 Å². The largest absolute Gasteiger partial charge is 0.417 e. The third-order valence-corrected chi connectivity index (χ3v) is 5.64. The van der Waals surface area contributed by atoms with Crippen LogP contribution < -0.4 is 5.32 Å². The van der Waals surface area contributed by atoms with E-state index in [0.29, 0.717) is 37.7 Å². The summed E-state index contributed by atoms with van der Waals surface area (Å²) in [5.41, 5.74) is -0.806. The van der Waals surface area contributed by atoms with Gasteiger partial charge in [-0.3, -0.25) is 9.69 Å². The van der Waals surface area contributed by atoms with Crippen molar-refractivity contribution < 1.29 is 31.5 Å². The molecular weight excluding hydrogens is 457 g/mol. The first-order valence-electron chi connectivity index (χ1n) is 10.9. The summed E-state index contributed by atoms with van der Waals surface area (Å²) in [6.45, 7) is 7.67. The van der Waals surface area contributed by atoms with Crippen LogP contribution in [0.1, 0.15) is 48.1 Å². The van der Waals surface area contributed by atoms with E-state index in [2.05, 4.69) is 17.4 Å². The van der Waals surface area contributed by atoms with Crippen LogP contribution in [0.25, 0.3) is 0 Å². The van der Waals surface area contributed by atoms with E-state index >= 15 is 8.78 Å². The zero-order valence-electron chi connectivity index (χ0n) is 19.6. The van der Waals surface area contributed by atoms with Crippen molar-refractivity contribution in [3.05, 3.63) is 52.8 Å². The molecule has 34 heavy (non-hydrogen) atoms. The van der Waals surface area contributed by atoms with Crippen LogP contribution in [-0.4, -0.2) is 54.1 Å². The predicted octanol–water partition coefficient (Wildman–Crippen LogP) is 4.93. The summed E-state index contributed by atoms with van der Waals surface area (Å²) in [7, 11) is 0. The Balaban J connectivity index is 1.87. The lowest BCUT2D eigenvalue weighted by Crippen LogP contribution is -2.45. The first kappa shape index (κ1) is 26.0. The van der Waals surface area contributed by atoms with E-state index in [0.717, 1.165) is 12.1 Å². The molecule has 1 N–H and O–H groups in total. The molecule has 1 aliphatic heterocycles. The lowest BCUT2D eigenvalue weighted by molar-refractivity contribution is -0.137. The quantitative estimate of drug-likeness (QED) is 0.590. The topological polar surface area (TPSA) is 46.5 Å². The number of anilines is 1. The molecule has 3 rings (SSSR count). The molecule has 1 aromatic heterocycles. The Morgan fingerprint density at radius 3 is 2.32 bits per heavy atom. The number of aromatic nitrogens is 1. The van der Waals surface area contributed by atoms with Gasteiger partial charge in [0, 0.05) is 36.0 Å². The normalized spacial score (nSPS) is 15.8. The average molecular weight is 485 g/mol. The Morgan fingerprint density at radius 2 is 1.74 bits per heavy atom. The summed E-state index contributed by atoms with van der Waals surface area (Å²) < 4.78 is 75.6. The minimum Gasteiger partial charge on any atom is -0.379 e. The van der Waals surface area contributed by atoms with Gasteiger partial charge in [0.25, 0.3) is 11.8 Å². The highest BCUT2D eigenvalue weighted by molar-refractivity contribution is 6.05. The molecule has 2 aromatic rings. The highest BCUT2D eigenvalue weighted by Crippen LogP contribution is 2.32. The number of nitrogens with zero attached hydrogens (tertiary/aromatic N) is 2. The van der Waals surface area contributed by atoms with E-state index < -0.39 is 42.1 Å². The fourth-order valence-corrected chi connectivity index (χ4v) is 3.91. The van der Waals surface area contributed by atoms with Gasteiger partial charge in [0.1, 0.15) is 0 Å². The van der Waals surface area contributed by atoms with Gasteiger partial charge < -0.3 is 14.6 Å². The standard InChI is InChI=1S/C24H28F5N3O2/c1-16-19(21(33)30-18-7-5-6-17(12-18)24(27,28)29)13-20(22(2,3)4)32(16)15-23(25,26)14-31-8-10-34-11-9-31/h6,12-13H,8-11,14-15H2,1-4H3,(H,30,33). The summed E-state index contributed by atoms with van der Waals surface area (Å²) in [5, 5.41) is 2.38. The van der Waals surface area contributed by atoms with E-state index in [4.69, 9.17) is 4.74 Å². The molecule has 1 saturated heterocycles. The fraction of sp³-hybridized carbons (Fsp3) is 0.542. The van der Waals surface area contributed by atoms with Crippen molar-refractivity contribution in [3.63, 3.8) is 0 Å². The molecule has 10 heteroatoms. The molecule has 0 aliphatic carbocycles. The van der Waals surface area contributed by atoms with Gasteiger partial charge in [-0.1, -0.05) is 26.8 Å². The molecular formula is C24H28F5N3O2. The third-order valence-electron chi connectivity index (χ3n) is 5.64. The van der Waals surface area contributed by atoms with Crippen molar-refractivity contribution in [2.45, 2.75) is 51.8 Å². The highest BCUT2D eigenvalue weighted by Gasteiger charge is 2.36. The van der Waals surface area contributed by atoms with Crippen molar-refractivity contribution in [3.8, 4) is 0 Å². The van der Waals surface area contributed by atoms with Gasteiger partial charge in [0.05, 0.1) is 43.1 Å². The highest BCUT2D eigenvalue weighted by atomic mass is 19.4. The molecule has 1 aromatic carbocycles. The smallest absolute Gasteiger partial charge is 0.379 e. The average Bonchev–Trinajstić information content (AvgIpc) is 3.04. The van der Waals surface area contributed by atoms with Crippen molar-refractivity contribution in [1.29, 1.82) is 0 Å². The van der Waals surface area contributed by atoms with Crippen LogP contribution >= 0.6 is 0 Å². The number of morpholine rings is 1. The first-order chi connectivity index (χ1) is 15.7. The number of ether oxygens (including phenoxy) is 1. The first-order valence-corrected chi connectivity index (χ1v) is 10.9. The van der Waals surface area contributed by atoms with Gasteiger partial charge >= 0.3 is 6.18 Å². The molecule has 1 aliphatic rings. The van der Waals surface area contributed by atoms with Crippen LogP contribution in [0.5, 0.6) is 0 Å². The molecule has 1 fully saturated rings. The second kappa shape index (κ2) is 9.55. The molecule has 0 radical (unpaired) electrons. The van der Waals surface area contributed by atoms with Gasteiger partial charge in [0.2, 0.25) is 0 Å². The lowest BCUT2D eigenvalue weighted by atomic mass is 9.91. The number of amides is 1. The second-order valence-electron chi connectivity index (χ2n) is 9.49. The number of carbonyl (C=O) groups excluding carboxylic acids is 1. The number of rotatable bonds is 6. The van der Waals surface area contributed by atoms with E-state index in [1.807, 2.05) is 20.8 Å². The minimum atomic E-state index is -4.60. The Hall–Kier alpha value is -2.64. The number of alkyl halides is 5. The molecule has 0 saturated carbocycles. The number of hydrogen-bond acceptors (Lipinski definition) is 3. The SMILES string of the molecule is Cc1c(C(=O)Nc2c#ccc(C(F)(F)F)c2)cc(C(C)(C)C)n1CC(F)(F)CN1CCOCC1. The molecule has 0 bridgehead atoms. The monoisotopic (exact) mass is 485 g/mol. The number of halogens is 5. The lowest BCUT2D eigenvalue weighted by Gasteiger charge is -2.32. The van der Waals surface area contributed by atoms with Crippen molar-refractivity contribution in [2.24, 2.45) is 0 Å². The molecule has 186 valence electrons. The minimum absolute atomic E-state index is 0.109. The van der Waals surface area contributed by atoms with E-state index in [1.54, 1.807) is 11.8 Å². The maximum absolute atomic E-state index is 15.0. The summed E-state index contributed by atoms with van der Waals surface area (Å²) >= 11 is 0. The van der Waals surface area contributed by atoms with Crippen LogP contribution in [0.15, 0.2) is 18.2 Å². The second-order valence-corrected chi connectivity index (χ2v) is 9.49. The molecule has 0 atom stereocenters. The Bertz CT molecular complexity index is 1020. The van der Waals surface area contributed by atoms with Gasteiger partial charge in [-0.25, -0.2) is 8.78 Å². The van der Waals surface area contributed by atoms with Crippen LogP contribution in [0.4, 0.5) is 27.6 Å². The van der Waals surface area contributed by atoms with Gasteiger partial charge in [-0.05, 0) is 25.1 Å². The van der Waals surface area contributed by atoms with E-state index in [1.165, 1.54) is 10.6 Å². The fourth-order valence-electron chi connectivity index (χ4n) is 3.91. The van der Waals surface area contributed by atoms with Crippen molar-refractivity contribution >= 4 is 11.6 Å². The van der Waals surface area contributed by atoms with Crippen LogP contribution in [0.3, 0.4) is 0 Å². The maximum atomic E-state index is 15.0. The van der Waals surface area contributed by atoms with Gasteiger partial charge in [-0.2, -0.15) is 13.2 Å². The molecule has 0 spiro atoms. The Labute approximate surface area is 195 Å². The maximum Gasteiger partial charge on any atom is 0.417 e. The summed E-state index contributed by atoms with van der Waals surface area (Å²) in [4.78, 5) is 14.6. The molecule has 1 amide bonds. The Kier molecular flexibility index (Phi) is 7.29. The number of nitrogens with one attached hydrogen (secondary N) is 1. The van der Waals surface area contributed by atoms with Crippen LogP contribution in [0.2, 0.25) is 0 Å². The Morgan fingerprint density at radius 1 is 1.09 bits per heavy atom. The molecule has 2 heterocycles. The number of carbonyl (C=O) groups is 1. The summed E-state index contributed by atoms with van der Waals surface area (Å²) in [5.74, 6) is -3.78. The van der Waals surface area contributed by atoms with Gasteiger partial charge in [0.15, 0.2) is 0 Å². The van der Waals surface area contributed by atoms with Crippen LogP contribution in [-0.2, 0) is 22.9 Å². The van der Waals surface area contributed by atoms with Crippen molar-refractivity contribution in [2.75, 3.05) is 38.2 Å². The summed E-state index contributed by atoms with van der Waals surface area (Å²) in [6, 6.07) is 7.68. The number of hydrogen-bond donors (Lipinski definition) is 1. The van der Waals surface area contributed by atoms with Crippen LogP contribution in [0, 0.1) is 19.1 Å². The van der Waals surface area contributed by atoms with E-state index in [-0.39, 0.29) is 11.3 Å². The third kappa shape index (κ3) is 6.27. The zero-order chi connectivity index (χ0) is 25.3.